The summed E-state index contributed by atoms with van der Waals surface area (Å²) in [6.45, 7) is 2.27. The van der Waals surface area contributed by atoms with Gasteiger partial charge in [0.2, 0.25) is 0 Å². The predicted octanol–water partition coefficient (Wildman–Crippen LogP) is 3.08. The summed E-state index contributed by atoms with van der Waals surface area (Å²) in [6.07, 6.45) is 4.35. The van der Waals surface area contributed by atoms with E-state index < -0.39 is 6.04 Å². The molecule has 1 aromatic carbocycles. The largest absolute Gasteiger partial charge is 0.370 e. The molecule has 0 saturated carbocycles. The highest BCUT2D eigenvalue weighted by Crippen LogP contribution is 2.36. The highest BCUT2D eigenvalue weighted by Gasteiger charge is 2.28. The Hall–Kier alpha value is -4.35. The van der Waals surface area contributed by atoms with E-state index in [4.69, 9.17) is 10.7 Å². The zero-order valence-corrected chi connectivity index (χ0v) is 22.4. The maximum Gasteiger partial charge on any atom is 0.254 e. The second-order valence-corrected chi connectivity index (χ2v) is 10.5. The summed E-state index contributed by atoms with van der Waals surface area (Å²) in [4.78, 5) is 38.6. The molecule has 3 aromatic heterocycles. The number of imidazole rings is 1. The van der Waals surface area contributed by atoms with Crippen LogP contribution in [-0.2, 0) is 17.9 Å². The average Bonchev–Trinajstić information content (AvgIpc) is 3.47. The number of nitrogens with zero attached hydrogens (tertiary/aromatic N) is 5. The fraction of sp³-hybridized carbons (Fsp3) is 0.310. The van der Waals surface area contributed by atoms with Gasteiger partial charge in [-0.05, 0) is 50.3 Å². The molecule has 2 aliphatic rings. The van der Waals surface area contributed by atoms with Gasteiger partial charge >= 0.3 is 0 Å². The number of aromatic nitrogens is 3. The van der Waals surface area contributed by atoms with Crippen molar-refractivity contribution in [3.63, 3.8) is 0 Å². The third-order valence-corrected chi connectivity index (χ3v) is 7.49. The third kappa shape index (κ3) is 4.78. The van der Waals surface area contributed by atoms with Crippen LogP contribution in [0.1, 0.15) is 34.5 Å². The zero-order chi connectivity index (χ0) is 28.0. The number of pyridine rings is 2. The van der Waals surface area contributed by atoms with Crippen molar-refractivity contribution in [1.82, 2.24) is 24.6 Å². The summed E-state index contributed by atoms with van der Waals surface area (Å²) >= 11 is 0. The van der Waals surface area contributed by atoms with Crippen molar-refractivity contribution in [3.05, 3.63) is 71.4 Å². The molecule has 1 unspecified atom stereocenters. The number of hydrogen-bond acceptors (Lipinski definition) is 8. The van der Waals surface area contributed by atoms with Crippen LogP contribution in [-0.4, -0.2) is 64.2 Å². The lowest BCUT2D eigenvalue weighted by molar-refractivity contribution is -0.119. The third-order valence-electron chi connectivity index (χ3n) is 7.49. The molecule has 0 aliphatic carbocycles. The standard InChI is InChI=1S/C29H31FN8O2/c1-36(2)16-22-23(37-10-8-20(31)25(39)9-11-37)5-6-26(35-22)34-21-4-3-18(19-14-33-29(40)28(19)21)24-15-32-27-13-17(30)7-12-38(24)27/h3-7,12-13,15,20H,8-11,14,16,31H2,1-2H3,(H,33,40)(H,34,35). The summed E-state index contributed by atoms with van der Waals surface area (Å²) in [5.41, 5.74) is 12.0. The van der Waals surface area contributed by atoms with Crippen LogP contribution in [0.3, 0.4) is 0 Å². The second-order valence-electron chi connectivity index (χ2n) is 10.5. The van der Waals surface area contributed by atoms with Crippen LogP contribution >= 0.6 is 0 Å². The Balaban J connectivity index is 1.34. The summed E-state index contributed by atoms with van der Waals surface area (Å²) < 4.78 is 15.5. The SMILES string of the molecule is CN(C)Cc1nc(Nc2ccc(-c3cnc4cc(F)ccn34)c3c2C(=O)NC3)ccc1N1CCC(=O)C(N)CC1. The van der Waals surface area contributed by atoms with Gasteiger partial charge in [-0.1, -0.05) is 6.07 Å². The van der Waals surface area contributed by atoms with Crippen LogP contribution < -0.4 is 21.3 Å². The molecular weight excluding hydrogens is 511 g/mol. The molecular formula is C29H31FN8O2. The average molecular weight is 543 g/mol. The van der Waals surface area contributed by atoms with Gasteiger partial charge in [0, 0.05) is 50.4 Å². The number of halogens is 1. The fourth-order valence-corrected chi connectivity index (χ4v) is 5.49. The van der Waals surface area contributed by atoms with Crippen LogP contribution in [0.25, 0.3) is 16.9 Å². The van der Waals surface area contributed by atoms with Crippen LogP contribution in [0.4, 0.5) is 21.6 Å². The molecule has 6 rings (SSSR count). The summed E-state index contributed by atoms with van der Waals surface area (Å²) in [5, 5.41) is 6.30. The number of nitrogens with one attached hydrogen (secondary N) is 2. The van der Waals surface area contributed by atoms with Gasteiger partial charge < -0.3 is 26.2 Å². The molecule has 0 radical (unpaired) electrons. The molecule has 5 heterocycles. The Labute approximate surface area is 231 Å². The molecule has 0 spiro atoms. The van der Waals surface area contributed by atoms with Crippen molar-refractivity contribution in [3.8, 4) is 11.3 Å². The minimum atomic E-state index is -0.422. The number of amides is 1. The van der Waals surface area contributed by atoms with Gasteiger partial charge in [0.25, 0.3) is 5.91 Å². The Morgan fingerprint density at radius 3 is 2.85 bits per heavy atom. The van der Waals surface area contributed by atoms with E-state index in [9.17, 15) is 14.0 Å². The van der Waals surface area contributed by atoms with Crippen molar-refractivity contribution in [1.29, 1.82) is 0 Å². The summed E-state index contributed by atoms with van der Waals surface area (Å²) in [6, 6.07) is 10.1. The van der Waals surface area contributed by atoms with Crippen molar-refractivity contribution in [2.45, 2.75) is 32.0 Å². The molecule has 4 N–H and O–H groups in total. The Bertz CT molecular complexity index is 1630. The first-order valence-electron chi connectivity index (χ1n) is 13.3. The van der Waals surface area contributed by atoms with E-state index in [1.165, 1.54) is 12.1 Å². The number of fused-ring (bicyclic) bond motifs is 2. The minimum Gasteiger partial charge on any atom is -0.370 e. The highest BCUT2D eigenvalue weighted by molar-refractivity contribution is 6.06. The molecule has 1 saturated heterocycles. The second kappa shape index (κ2) is 10.3. The Morgan fingerprint density at radius 1 is 1.18 bits per heavy atom. The molecule has 206 valence electrons. The minimum absolute atomic E-state index is 0.0922. The van der Waals surface area contributed by atoms with E-state index in [-0.39, 0.29) is 17.5 Å². The molecule has 1 amide bonds. The predicted molar refractivity (Wildman–Crippen MR) is 151 cm³/mol. The van der Waals surface area contributed by atoms with E-state index in [1.54, 1.807) is 12.4 Å². The van der Waals surface area contributed by atoms with Crippen molar-refractivity contribution >= 4 is 34.5 Å². The molecule has 2 aliphatic heterocycles. The number of Topliss-reactive ketones (excluding diaryl/α,β-unsaturated/α-hetero) is 1. The smallest absolute Gasteiger partial charge is 0.254 e. The molecule has 10 nitrogen and oxygen atoms in total. The van der Waals surface area contributed by atoms with Gasteiger partial charge in [0.1, 0.15) is 17.3 Å². The topological polar surface area (TPSA) is 121 Å². The summed E-state index contributed by atoms with van der Waals surface area (Å²) in [5.74, 6) is 0.180. The molecule has 4 aromatic rings. The van der Waals surface area contributed by atoms with Gasteiger partial charge in [-0.25, -0.2) is 14.4 Å². The Morgan fingerprint density at radius 2 is 2.02 bits per heavy atom. The van der Waals surface area contributed by atoms with E-state index >= 15 is 0 Å². The maximum absolute atomic E-state index is 13.7. The van der Waals surface area contributed by atoms with Gasteiger partial charge in [-0.2, -0.15) is 0 Å². The first-order valence-corrected chi connectivity index (χ1v) is 13.3. The molecule has 0 bridgehead atoms. The number of ketones is 1. The van der Waals surface area contributed by atoms with Crippen molar-refractivity contribution < 1.29 is 14.0 Å². The summed E-state index contributed by atoms with van der Waals surface area (Å²) in [7, 11) is 3.97. The molecule has 1 fully saturated rings. The van der Waals surface area contributed by atoms with Gasteiger partial charge in [-0.3, -0.25) is 14.0 Å². The maximum atomic E-state index is 13.7. The number of carbonyl (C=O) groups is 2. The fourth-order valence-electron chi connectivity index (χ4n) is 5.49. The highest BCUT2D eigenvalue weighted by atomic mass is 19.1. The van der Waals surface area contributed by atoms with Gasteiger partial charge in [0.15, 0.2) is 5.78 Å². The molecule has 40 heavy (non-hydrogen) atoms. The monoisotopic (exact) mass is 542 g/mol. The lowest BCUT2D eigenvalue weighted by Gasteiger charge is -2.26. The van der Waals surface area contributed by atoms with Crippen LogP contribution in [0.15, 0.2) is 48.8 Å². The number of nitrogens with two attached hydrogens (primary N) is 1. The number of benzene rings is 1. The van der Waals surface area contributed by atoms with E-state index in [1.807, 2.05) is 47.7 Å². The van der Waals surface area contributed by atoms with E-state index in [0.717, 1.165) is 28.2 Å². The first-order chi connectivity index (χ1) is 19.3. The van der Waals surface area contributed by atoms with Crippen molar-refractivity contribution in [2.24, 2.45) is 5.73 Å². The normalized spacial score (nSPS) is 17.3. The van der Waals surface area contributed by atoms with Crippen molar-refractivity contribution in [2.75, 3.05) is 37.4 Å². The zero-order valence-electron chi connectivity index (χ0n) is 22.4. The number of hydrogen-bond donors (Lipinski definition) is 3. The van der Waals surface area contributed by atoms with Gasteiger partial charge in [0.05, 0.1) is 40.6 Å². The number of carbonyl (C=O) groups excluding carboxylic acids is 2. The quantitative estimate of drug-likeness (QED) is 0.340. The van der Waals surface area contributed by atoms with Crippen LogP contribution in [0.5, 0.6) is 0 Å². The van der Waals surface area contributed by atoms with Crippen LogP contribution in [0.2, 0.25) is 0 Å². The first kappa shape index (κ1) is 25.9. The lowest BCUT2D eigenvalue weighted by Crippen LogP contribution is -2.30. The number of rotatable bonds is 6. The Kier molecular flexibility index (Phi) is 6.68. The molecule has 11 heteroatoms. The van der Waals surface area contributed by atoms with Gasteiger partial charge in [-0.15, -0.1) is 0 Å². The van der Waals surface area contributed by atoms with E-state index in [2.05, 4.69) is 20.5 Å². The lowest BCUT2D eigenvalue weighted by atomic mass is 9.99. The van der Waals surface area contributed by atoms with E-state index in [0.29, 0.717) is 61.7 Å². The number of anilines is 3. The van der Waals surface area contributed by atoms with Crippen LogP contribution in [0, 0.1) is 5.82 Å². The molecule has 1 atom stereocenters.